The number of carboxylic acids is 1. The molecule has 4 nitrogen and oxygen atoms in total. The molecule has 0 saturated heterocycles. The van der Waals surface area contributed by atoms with Gasteiger partial charge in [-0.25, -0.2) is 9.78 Å². The van der Waals surface area contributed by atoms with Gasteiger partial charge in [-0.05, 0) is 25.1 Å². The smallest absolute Gasteiger partial charge is 0.354 e. The first-order valence-electron chi connectivity index (χ1n) is 7.14. The van der Waals surface area contributed by atoms with Gasteiger partial charge in [0.1, 0.15) is 5.69 Å². The lowest BCUT2D eigenvalue weighted by atomic mass is 10.1. The van der Waals surface area contributed by atoms with Gasteiger partial charge in [0.15, 0.2) is 0 Å². The summed E-state index contributed by atoms with van der Waals surface area (Å²) in [5, 5.41) is 12.1. The highest BCUT2D eigenvalue weighted by Crippen LogP contribution is 2.04. The molecule has 1 aromatic rings. The van der Waals surface area contributed by atoms with E-state index in [0.29, 0.717) is 6.54 Å². The first kappa shape index (κ1) is 15.6. The van der Waals surface area contributed by atoms with Crippen LogP contribution in [-0.4, -0.2) is 22.6 Å². The fourth-order valence-corrected chi connectivity index (χ4v) is 1.94. The number of unbranched alkanes of at least 4 members (excludes halogenated alkanes) is 5. The summed E-state index contributed by atoms with van der Waals surface area (Å²) in [5.41, 5.74) is 0.893. The van der Waals surface area contributed by atoms with Gasteiger partial charge in [0, 0.05) is 6.54 Å². The van der Waals surface area contributed by atoms with Gasteiger partial charge in [0.25, 0.3) is 0 Å². The summed E-state index contributed by atoms with van der Waals surface area (Å²) in [6, 6.07) is 5.10. The Morgan fingerprint density at radius 1 is 1.21 bits per heavy atom. The van der Waals surface area contributed by atoms with E-state index in [0.717, 1.165) is 12.2 Å². The summed E-state index contributed by atoms with van der Waals surface area (Å²) in [6.07, 6.45) is 7.68. The highest BCUT2D eigenvalue weighted by Gasteiger charge is 2.04. The molecule has 0 amide bonds. The van der Waals surface area contributed by atoms with E-state index in [1.807, 2.05) is 6.07 Å². The number of hydrogen-bond donors (Lipinski definition) is 2. The van der Waals surface area contributed by atoms with Crippen LogP contribution in [0.5, 0.6) is 0 Å². The highest BCUT2D eigenvalue weighted by molar-refractivity contribution is 5.85. The Hall–Kier alpha value is -1.42. The standard InChI is InChI=1S/C15H24N2O2/c1-2-3-4-5-6-7-11-16-12-13-9-8-10-14(17-13)15(18)19/h8-10,16H,2-7,11-12H2,1H3,(H,18,19). The van der Waals surface area contributed by atoms with E-state index < -0.39 is 5.97 Å². The molecule has 0 bridgehead atoms. The molecule has 4 heteroatoms. The summed E-state index contributed by atoms with van der Waals surface area (Å²) in [7, 11) is 0. The number of pyridine rings is 1. The van der Waals surface area contributed by atoms with Gasteiger partial charge in [-0.1, -0.05) is 45.1 Å². The van der Waals surface area contributed by atoms with Gasteiger partial charge < -0.3 is 10.4 Å². The largest absolute Gasteiger partial charge is 0.477 e. The second-order valence-electron chi connectivity index (χ2n) is 4.76. The fourth-order valence-electron chi connectivity index (χ4n) is 1.94. The van der Waals surface area contributed by atoms with Crippen LogP contribution in [0.15, 0.2) is 18.2 Å². The van der Waals surface area contributed by atoms with Crippen molar-refractivity contribution in [3.05, 3.63) is 29.6 Å². The van der Waals surface area contributed by atoms with Crippen LogP contribution in [0.25, 0.3) is 0 Å². The molecule has 0 atom stereocenters. The summed E-state index contributed by atoms with van der Waals surface area (Å²) in [4.78, 5) is 14.8. The van der Waals surface area contributed by atoms with Crippen molar-refractivity contribution in [1.29, 1.82) is 0 Å². The topological polar surface area (TPSA) is 62.2 Å². The second-order valence-corrected chi connectivity index (χ2v) is 4.76. The predicted octanol–water partition coefficient (Wildman–Crippen LogP) is 3.23. The molecule has 0 aliphatic carbocycles. The lowest BCUT2D eigenvalue weighted by molar-refractivity contribution is 0.0690. The van der Waals surface area contributed by atoms with Gasteiger partial charge in [-0.15, -0.1) is 0 Å². The molecule has 1 heterocycles. The monoisotopic (exact) mass is 264 g/mol. The van der Waals surface area contributed by atoms with Gasteiger partial charge in [0.05, 0.1) is 5.69 Å². The average molecular weight is 264 g/mol. The normalized spacial score (nSPS) is 10.6. The molecular weight excluding hydrogens is 240 g/mol. The number of aromatic carboxylic acids is 1. The van der Waals surface area contributed by atoms with E-state index in [1.165, 1.54) is 44.6 Å². The van der Waals surface area contributed by atoms with Crippen LogP contribution in [0.4, 0.5) is 0 Å². The van der Waals surface area contributed by atoms with Crippen LogP contribution in [0.3, 0.4) is 0 Å². The van der Waals surface area contributed by atoms with Crippen molar-refractivity contribution in [1.82, 2.24) is 10.3 Å². The molecule has 0 fully saturated rings. The van der Waals surface area contributed by atoms with Crippen molar-refractivity contribution in [2.75, 3.05) is 6.54 Å². The van der Waals surface area contributed by atoms with Crippen molar-refractivity contribution in [2.24, 2.45) is 0 Å². The molecule has 1 aromatic heterocycles. The Balaban J connectivity index is 2.12. The minimum atomic E-state index is -0.974. The second kappa shape index (κ2) is 9.50. The number of hydrogen-bond acceptors (Lipinski definition) is 3. The van der Waals surface area contributed by atoms with E-state index in [9.17, 15) is 4.79 Å². The highest BCUT2D eigenvalue weighted by atomic mass is 16.4. The van der Waals surface area contributed by atoms with Gasteiger partial charge in [0.2, 0.25) is 0 Å². The predicted molar refractivity (Wildman–Crippen MR) is 76.3 cm³/mol. The minimum absolute atomic E-state index is 0.110. The molecule has 106 valence electrons. The zero-order chi connectivity index (χ0) is 13.9. The molecule has 0 unspecified atom stereocenters. The number of nitrogens with one attached hydrogen (secondary N) is 1. The van der Waals surface area contributed by atoms with Crippen LogP contribution < -0.4 is 5.32 Å². The zero-order valence-electron chi connectivity index (χ0n) is 11.7. The van der Waals surface area contributed by atoms with Crippen LogP contribution in [0.2, 0.25) is 0 Å². The molecule has 1 rings (SSSR count). The maximum atomic E-state index is 10.8. The minimum Gasteiger partial charge on any atom is -0.477 e. The van der Waals surface area contributed by atoms with Crippen molar-refractivity contribution >= 4 is 5.97 Å². The van der Waals surface area contributed by atoms with Crippen molar-refractivity contribution in [3.63, 3.8) is 0 Å². The lowest BCUT2D eigenvalue weighted by Crippen LogP contribution is -2.16. The number of carboxylic acid groups (broad SMARTS) is 1. The van der Waals surface area contributed by atoms with E-state index in [-0.39, 0.29) is 5.69 Å². The Labute approximate surface area is 115 Å². The van der Waals surface area contributed by atoms with E-state index in [4.69, 9.17) is 5.11 Å². The van der Waals surface area contributed by atoms with Gasteiger partial charge in [-0.2, -0.15) is 0 Å². The number of carbonyl (C=O) groups is 1. The third-order valence-corrected chi connectivity index (χ3v) is 3.04. The Morgan fingerprint density at radius 3 is 2.68 bits per heavy atom. The Morgan fingerprint density at radius 2 is 1.95 bits per heavy atom. The molecule has 0 spiro atoms. The van der Waals surface area contributed by atoms with Gasteiger partial charge in [-0.3, -0.25) is 0 Å². The van der Waals surface area contributed by atoms with E-state index >= 15 is 0 Å². The maximum absolute atomic E-state index is 10.8. The van der Waals surface area contributed by atoms with Gasteiger partial charge >= 0.3 is 5.97 Å². The van der Waals surface area contributed by atoms with Crippen LogP contribution in [-0.2, 0) is 6.54 Å². The fraction of sp³-hybridized carbons (Fsp3) is 0.600. The third-order valence-electron chi connectivity index (χ3n) is 3.04. The van der Waals surface area contributed by atoms with Crippen molar-refractivity contribution < 1.29 is 9.90 Å². The first-order valence-corrected chi connectivity index (χ1v) is 7.14. The van der Waals surface area contributed by atoms with Crippen LogP contribution in [0, 0.1) is 0 Å². The first-order chi connectivity index (χ1) is 9.24. The maximum Gasteiger partial charge on any atom is 0.354 e. The number of nitrogens with zero attached hydrogens (tertiary/aromatic N) is 1. The van der Waals surface area contributed by atoms with E-state index in [2.05, 4.69) is 17.2 Å². The quantitative estimate of drug-likeness (QED) is 0.637. The molecule has 0 saturated carbocycles. The molecule has 0 aliphatic rings. The molecule has 2 N–H and O–H groups in total. The zero-order valence-corrected chi connectivity index (χ0v) is 11.7. The van der Waals surface area contributed by atoms with Crippen molar-refractivity contribution in [3.8, 4) is 0 Å². The molecule has 0 aliphatic heterocycles. The molecule has 19 heavy (non-hydrogen) atoms. The molecule has 0 aromatic carbocycles. The number of aromatic nitrogens is 1. The summed E-state index contributed by atoms with van der Waals surface area (Å²) >= 11 is 0. The van der Waals surface area contributed by atoms with Crippen LogP contribution in [0.1, 0.15) is 61.6 Å². The SMILES string of the molecule is CCCCCCCCNCc1cccc(C(=O)O)n1. The summed E-state index contributed by atoms with van der Waals surface area (Å²) < 4.78 is 0. The summed E-state index contributed by atoms with van der Waals surface area (Å²) in [5.74, 6) is -0.974. The van der Waals surface area contributed by atoms with Crippen molar-refractivity contribution in [2.45, 2.75) is 52.0 Å². The Kier molecular flexibility index (Phi) is 7.82. The summed E-state index contributed by atoms with van der Waals surface area (Å²) in [6.45, 7) is 3.82. The van der Waals surface area contributed by atoms with Crippen LogP contribution >= 0.6 is 0 Å². The Bertz CT molecular complexity index is 380. The van der Waals surface area contributed by atoms with E-state index in [1.54, 1.807) is 6.07 Å². The molecular formula is C15H24N2O2. The number of rotatable bonds is 10. The molecule has 0 radical (unpaired) electrons. The lowest BCUT2D eigenvalue weighted by Gasteiger charge is -2.05. The third kappa shape index (κ3) is 6.91. The average Bonchev–Trinajstić information content (AvgIpc) is 2.42.